The molecule has 1 atom stereocenters. The predicted octanol–water partition coefficient (Wildman–Crippen LogP) is 0.787. The molecule has 1 unspecified atom stereocenters. The lowest BCUT2D eigenvalue weighted by Crippen LogP contribution is -2.59. The summed E-state index contributed by atoms with van der Waals surface area (Å²) in [7, 11) is 1.22. The van der Waals surface area contributed by atoms with Crippen LogP contribution in [0.1, 0.15) is 52.8 Å². The number of nitrogens with one attached hydrogen (secondary N) is 2. The number of nitrogens with zero attached hydrogens (tertiary/aromatic N) is 1. The molecule has 2 heterocycles. The number of carbonyl (C=O) groups excluding carboxylic acids is 5. The summed E-state index contributed by atoms with van der Waals surface area (Å²) in [6, 6.07) is 2.82. The van der Waals surface area contributed by atoms with E-state index in [2.05, 4.69) is 10.6 Å². The van der Waals surface area contributed by atoms with E-state index in [0.29, 0.717) is 6.42 Å². The summed E-state index contributed by atoms with van der Waals surface area (Å²) in [4.78, 5) is 61.8. The highest BCUT2D eigenvalue weighted by atomic mass is 19.3. The maximum absolute atomic E-state index is 14.4. The first-order chi connectivity index (χ1) is 16.1. The van der Waals surface area contributed by atoms with Gasteiger partial charge in [0.15, 0.2) is 6.61 Å². The lowest BCUT2D eigenvalue weighted by atomic mass is 9.75. The fraction of sp³-hybridized carbons (Fsp3) is 0.500. The second-order valence-electron chi connectivity index (χ2n) is 8.48. The molecule has 5 amide bonds. The van der Waals surface area contributed by atoms with Gasteiger partial charge in [-0.3, -0.25) is 34.2 Å². The van der Waals surface area contributed by atoms with Gasteiger partial charge in [0.2, 0.25) is 11.8 Å². The molecule has 2 N–H and O–H groups in total. The van der Waals surface area contributed by atoms with Crippen molar-refractivity contribution in [3.8, 4) is 5.75 Å². The molecule has 0 radical (unpaired) electrons. The van der Waals surface area contributed by atoms with Crippen LogP contribution < -0.4 is 15.4 Å². The van der Waals surface area contributed by atoms with Crippen LogP contribution in [0.5, 0.6) is 5.75 Å². The number of hydrogen-bond donors (Lipinski definition) is 2. The fourth-order valence-corrected chi connectivity index (χ4v) is 4.33. The molecule has 1 saturated heterocycles. The van der Waals surface area contributed by atoms with Crippen molar-refractivity contribution in [3.05, 3.63) is 29.3 Å². The third kappa shape index (κ3) is 4.02. The summed E-state index contributed by atoms with van der Waals surface area (Å²) in [5, 5.41) is 4.24. The Morgan fingerprint density at radius 1 is 1.21 bits per heavy atom. The Kier molecular flexibility index (Phi) is 6.11. The number of piperidine rings is 1. The molecule has 0 bridgehead atoms. The van der Waals surface area contributed by atoms with E-state index >= 15 is 0 Å². The zero-order valence-corrected chi connectivity index (χ0v) is 18.3. The van der Waals surface area contributed by atoms with Gasteiger partial charge in [0.1, 0.15) is 17.4 Å². The normalized spacial score (nSPS) is 21.6. The molecule has 1 saturated carbocycles. The van der Waals surface area contributed by atoms with Crippen LogP contribution in [0.3, 0.4) is 0 Å². The van der Waals surface area contributed by atoms with E-state index in [4.69, 9.17) is 9.47 Å². The van der Waals surface area contributed by atoms with Gasteiger partial charge in [-0.15, -0.1) is 0 Å². The van der Waals surface area contributed by atoms with Crippen molar-refractivity contribution in [1.82, 2.24) is 15.5 Å². The number of carbonyl (C=O) groups is 5. The van der Waals surface area contributed by atoms with Crippen molar-refractivity contribution in [2.24, 2.45) is 0 Å². The van der Waals surface area contributed by atoms with Crippen molar-refractivity contribution in [1.29, 1.82) is 0 Å². The first-order valence-electron chi connectivity index (χ1n) is 10.8. The van der Waals surface area contributed by atoms with Gasteiger partial charge in [0.05, 0.1) is 17.7 Å². The van der Waals surface area contributed by atoms with Gasteiger partial charge in [-0.2, -0.15) is 0 Å². The van der Waals surface area contributed by atoms with Gasteiger partial charge < -0.3 is 14.8 Å². The van der Waals surface area contributed by atoms with Gasteiger partial charge in [0, 0.05) is 13.5 Å². The minimum atomic E-state index is -3.24. The number of imide groups is 2. The number of rotatable bonds is 8. The molecule has 34 heavy (non-hydrogen) atoms. The van der Waals surface area contributed by atoms with Crippen molar-refractivity contribution in [2.75, 3.05) is 20.3 Å². The molecular weight excluding hydrogens is 456 g/mol. The predicted molar refractivity (Wildman–Crippen MR) is 110 cm³/mol. The molecule has 10 nitrogen and oxygen atoms in total. The number of ether oxygens (including phenoxy) is 2. The Morgan fingerprint density at radius 2 is 1.91 bits per heavy atom. The maximum Gasteiger partial charge on any atom is 0.293 e. The van der Waals surface area contributed by atoms with Gasteiger partial charge in [-0.25, -0.2) is 8.78 Å². The Bertz CT molecular complexity index is 1070. The first-order valence-corrected chi connectivity index (χ1v) is 10.8. The summed E-state index contributed by atoms with van der Waals surface area (Å²) in [6.45, 7) is -1.49. The quantitative estimate of drug-likeness (QED) is 0.527. The minimum absolute atomic E-state index is 0.00215. The number of amides is 5. The number of halogens is 2. The Balaban J connectivity index is 1.36. The summed E-state index contributed by atoms with van der Waals surface area (Å²) in [5.74, 6) is -6.58. The van der Waals surface area contributed by atoms with E-state index in [1.54, 1.807) is 0 Å². The second kappa shape index (κ2) is 8.75. The van der Waals surface area contributed by atoms with Gasteiger partial charge in [0.25, 0.3) is 23.6 Å². The molecule has 182 valence electrons. The highest BCUT2D eigenvalue weighted by Crippen LogP contribution is 2.46. The largest absolute Gasteiger partial charge is 0.484 e. The highest BCUT2D eigenvalue weighted by molar-refractivity contribution is 6.23. The van der Waals surface area contributed by atoms with E-state index in [0.717, 1.165) is 4.90 Å². The lowest BCUT2D eigenvalue weighted by Gasteiger charge is -2.45. The van der Waals surface area contributed by atoms with Gasteiger partial charge >= 0.3 is 0 Å². The average Bonchev–Trinajstić information content (AvgIpc) is 3.00. The number of methoxy groups -OCH3 is 1. The SMILES string of the molecule is COC1(C(F)(F)CNC(=O)COc2ccc3c(c2)C(=O)N(C2CCC(=O)NC2=O)C3=O)CCC1. The first kappa shape index (κ1) is 23.7. The van der Waals surface area contributed by atoms with E-state index in [1.807, 2.05) is 0 Å². The molecule has 1 aromatic rings. The third-order valence-corrected chi connectivity index (χ3v) is 6.51. The molecule has 12 heteroatoms. The molecule has 3 aliphatic rings. The Labute approximate surface area is 192 Å². The zero-order chi connectivity index (χ0) is 24.7. The zero-order valence-electron chi connectivity index (χ0n) is 18.3. The van der Waals surface area contributed by atoms with E-state index in [1.165, 1.54) is 25.3 Å². The van der Waals surface area contributed by atoms with E-state index < -0.39 is 60.3 Å². The van der Waals surface area contributed by atoms with E-state index in [-0.39, 0.29) is 42.6 Å². The molecule has 1 aromatic carbocycles. The number of fused-ring (bicyclic) bond motifs is 1. The van der Waals surface area contributed by atoms with Crippen LogP contribution in [0, 0.1) is 0 Å². The topological polar surface area (TPSA) is 131 Å². The number of benzene rings is 1. The molecule has 0 spiro atoms. The van der Waals surface area contributed by atoms with Crippen LogP contribution in [0.25, 0.3) is 0 Å². The molecule has 0 aromatic heterocycles. The number of alkyl halides is 2. The Hall–Kier alpha value is -3.41. The smallest absolute Gasteiger partial charge is 0.293 e. The lowest BCUT2D eigenvalue weighted by molar-refractivity contribution is -0.229. The van der Waals surface area contributed by atoms with Crippen molar-refractivity contribution < 1.29 is 42.2 Å². The van der Waals surface area contributed by atoms with Crippen LogP contribution in [0.2, 0.25) is 0 Å². The van der Waals surface area contributed by atoms with Crippen LogP contribution in [0.4, 0.5) is 8.78 Å². The van der Waals surface area contributed by atoms with Crippen molar-refractivity contribution >= 4 is 29.5 Å². The summed E-state index contributed by atoms with van der Waals surface area (Å²) in [6.07, 6.45) is 1.06. The highest BCUT2D eigenvalue weighted by Gasteiger charge is 2.57. The van der Waals surface area contributed by atoms with Crippen molar-refractivity contribution in [3.63, 3.8) is 0 Å². The Morgan fingerprint density at radius 3 is 2.53 bits per heavy atom. The monoisotopic (exact) mass is 479 g/mol. The molecule has 2 aliphatic heterocycles. The van der Waals surface area contributed by atoms with Gasteiger partial charge in [-0.1, -0.05) is 0 Å². The summed E-state index contributed by atoms with van der Waals surface area (Å²) < 4.78 is 39.1. The standard InChI is InChI=1S/C22H23F2N3O7/c1-33-21(7-2-8-21)22(23,24)11-25-17(29)10-34-12-3-4-13-14(9-12)20(32)27(19(13)31)15-5-6-16(28)26-18(15)30/h3-4,9,15H,2,5-8,10-11H2,1H3,(H,25,29)(H,26,28,30). The van der Waals surface area contributed by atoms with Crippen LogP contribution in [-0.4, -0.2) is 72.3 Å². The van der Waals surface area contributed by atoms with Crippen LogP contribution in [-0.2, 0) is 19.1 Å². The molecule has 1 aliphatic carbocycles. The second-order valence-corrected chi connectivity index (χ2v) is 8.48. The molecule has 4 rings (SSSR count). The molecule has 2 fully saturated rings. The maximum atomic E-state index is 14.4. The number of hydrogen-bond acceptors (Lipinski definition) is 7. The summed E-state index contributed by atoms with van der Waals surface area (Å²) >= 11 is 0. The fourth-order valence-electron chi connectivity index (χ4n) is 4.33. The van der Waals surface area contributed by atoms with Crippen LogP contribution >= 0.6 is 0 Å². The third-order valence-electron chi connectivity index (χ3n) is 6.51. The minimum Gasteiger partial charge on any atom is -0.484 e. The average molecular weight is 479 g/mol. The van der Waals surface area contributed by atoms with Gasteiger partial charge in [-0.05, 0) is 43.9 Å². The summed E-state index contributed by atoms with van der Waals surface area (Å²) in [5.41, 5.74) is -1.54. The van der Waals surface area contributed by atoms with Crippen molar-refractivity contribution in [2.45, 2.75) is 49.7 Å². The van der Waals surface area contributed by atoms with Crippen LogP contribution in [0.15, 0.2) is 18.2 Å². The molecular formula is C22H23F2N3O7. The van der Waals surface area contributed by atoms with E-state index in [9.17, 15) is 32.8 Å².